The number of carbonyl (C=O) groups is 2. The highest BCUT2D eigenvalue weighted by atomic mass is 16.5. The van der Waals surface area contributed by atoms with Crippen molar-refractivity contribution in [3.63, 3.8) is 0 Å². The molecule has 1 saturated heterocycles. The van der Waals surface area contributed by atoms with Gasteiger partial charge in [-0.15, -0.1) is 0 Å². The minimum atomic E-state index is -0.887. The second-order valence-corrected chi connectivity index (χ2v) is 10.2. The fourth-order valence-electron chi connectivity index (χ4n) is 5.01. The van der Waals surface area contributed by atoms with Crippen LogP contribution in [0.5, 0.6) is 17.2 Å². The third-order valence-electron chi connectivity index (χ3n) is 7.23. The van der Waals surface area contributed by atoms with Crippen LogP contribution in [0.2, 0.25) is 0 Å². The van der Waals surface area contributed by atoms with Crippen LogP contribution in [0.1, 0.15) is 48.1 Å². The number of likely N-dealkylation sites (tertiary alicyclic amines) is 1. The van der Waals surface area contributed by atoms with Crippen molar-refractivity contribution in [2.75, 3.05) is 13.7 Å². The van der Waals surface area contributed by atoms with E-state index in [1.807, 2.05) is 36.4 Å². The second-order valence-electron chi connectivity index (χ2n) is 10.2. The highest BCUT2D eigenvalue weighted by molar-refractivity contribution is 6.46. The van der Waals surface area contributed by atoms with Crippen molar-refractivity contribution in [1.82, 2.24) is 9.88 Å². The molecule has 8 heteroatoms. The predicted octanol–water partition coefficient (Wildman–Crippen LogP) is 6.47. The summed E-state index contributed by atoms with van der Waals surface area (Å²) >= 11 is 0. The summed E-state index contributed by atoms with van der Waals surface area (Å²) in [6, 6.07) is 24.7. The van der Waals surface area contributed by atoms with Crippen LogP contribution in [0, 0.1) is 0 Å². The Kier molecular flexibility index (Phi) is 9.36. The fourth-order valence-corrected chi connectivity index (χ4v) is 5.01. The molecule has 1 aliphatic heterocycles. The number of hydrogen-bond acceptors (Lipinski definition) is 7. The van der Waals surface area contributed by atoms with Gasteiger partial charge in [-0.2, -0.15) is 0 Å². The Morgan fingerprint density at radius 2 is 1.72 bits per heavy atom. The molecule has 0 saturated carbocycles. The van der Waals surface area contributed by atoms with Crippen molar-refractivity contribution >= 4 is 17.4 Å². The highest BCUT2D eigenvalue weighted by Crippen LogP contribution is 2.43. The Morgan fingerprint density at radius 3 is 2.47 bits per heavy atom. The van der Waals surface area contributed by atoms with Crippen LogP contribution >= 0.6 is 0 Å². The number of Topliss-reactive ketones (excluding diaryl/α,β-unsaturated/α-hetero) is 1. The van der Waals surface area contributed by atoms with Crippen molar-refractivity contribution in [3.05, 3.63) is 125 Å². The molecule has 1 fully saturated rings. The smallest absolute Gasteiger partial charge is 0.295 e. The zero-order valence-corrected chi connectivity index (χ0v) is 24.2. The number of pyridine rings is 1. The van der Waals surface area contributed by atoms with Gasteiger partial charge in [-0.25, -0.2) is 0 Å². The number of rotatable bonds is 12. The number of aliphatic hydroxyl groups excluding tert-OH is 1. The molecule has 0 radical (unpaired) electrons. The first kappa shape index (κ1) is 29.4. The van der Waals surface area contributed by atoms with E-state index in [0.717, 1.165) is 24.0 Å². The van der Waals surface area contributed by atoms with Gasteiger partial charge in [0.25, 0.3) is 11.7 Å². The van der Waals surface area contributed by atoms with E-state index >= 15 is 0 Å². The van der Waals surface area contributed by atoms with Crippen LogP contribution in [-0.2, 0) is 22.7 Å². The number of methoxy groups -OCH3 is 1. The van der Waals surface area contributed by atoms with Gasteiger partial charge in [-0.1, -0.05) is 67.9 Å². The Bertz CT molecular complexity index is 1600. The summed E-state index contributed by atoms with van der Waals surface area (Å²) in [4.78, 5) is 32.7. The average molecular weight is 579 g/mol. The molecule has 1 N–H and O–H groups in total. The molecule has 3 aromatic carbocycles. The van der Waals surface area contributed by atoms with Gasteiger partial charge in [-0.05, 0) is 53.4 Å². The zero-order chi connectivity index (χ0) is 30.2. The molecule has 8 nitrogen and oxygen atoms in total. The number of hydrogen-bond donors (Lipinski definition) is 1. The maximum absolute atomic E-state index is 13.6. The molecule has 4 aromatic rings. The topological polar surface area (TPSA) is 98.2 Å². The van der Waals surface area contributed by atoms with Crippen molar-refractivity contribution < 1.29 is 28.9 Å². The summed E-state index contributed by atoms with van der Waals surface area (Å²) in [6.45, 7) is 3.07. The maximum Gasteiger partial charge on any atom is 0.295 e. The molecule has 5 rings (SSSR count). The minimum absolute atomic E-state index is 0.0143. The first-order chi connectivity index (χ1) is 21.0. The predicted molar refractivity (Wildman–Crippen MR) is 163 cm³/mol. The fraction of sp³-hybridized carbons (Fsp3) is 0.229. The number of nitrogens with zero attached hydrogens (tertiary/aromatic N) is 2. The molecule has 220 valence electrons. The molecule has 0 bridgehead atoms. The Morgan fingerprint density at radius 1 is 0.907 bits per heavy atom. The lowest BCUT2D eigenvalue weighted by molar-refractivity contribution is -0.140. The van der Waals surface area contributed by atoms with Gasteiger partial charge < -0.3 is 24.2 Å². The van der Waals surface area contributed by atoms with Crippen molar-refractivity contribution in [2.24, 2.45) is 0 Å². The summed E-state index contributed by atoms with van der Waals surface area (Å²) < 4.78 is 17.5. The number of aromatic nitrogens is 1. The third kappa shape index (κ3) is 6.70. The Balaban J connectivity index is 1.55. The van der Waals surface area contributed by atoms with Gasteiger partial charge >= 0.3 is 0 Å². The van der Waals surface area contributed by atoms with Crippen molar-refractivity contribution in [3.8, 4) is 17.2 Å². The number of benzene rings is 3. The Hall–Kier alpha value is -5.11. The SMILES string of the molecule is CCCCOc1cccc(C(O)=C2C(=O)C(=O)N(Cc3cccnc3)C2c2ccc(OCc3ccccc3)c(OC)c2)c1. The molecule has 1 atom stereocenters. The van der Waals surface area contributed by atoms with E-state index in [0.29, 0.717) is 41.6 Å². The number of unbranched alkanes of at least 4 members (excludes halogenated alkanes) is 1. The molecule has 2 heterocycles. The molecular weight excluding hydrogens is 544 g/mol. The normalized spacial score (nSPS) is 15.9. The van der Waals surface area contributed by atoms with Crippen LogP contribution < -0.4 is 14.2 Å². The van der Waals surface area contributed by atoms with Crippen molar-refractivity contribution in [2.45, 2.75) is 39.0 Å². The standard InChI is InChI=1S/C35H34N2O6/c1-3-4-18-42-28-14-8-13-27(19-28)33(38)31-32(37(35(40)34(31)39)22-25-12-9-17-36-21-25)26-15-16-29(30(20-26)41-2)43-23-24-10-6-5-7-11-24/h5-17,19-21,32,38H,3-4,18,22-23H2,1-2H3. The lowest BCUT2D eigenvalue weighted by Crippen LogP contribution is -2.29. The largest absolute Gasteiger partial charge is 0.507 e. The number of carbonyl (C=O) groups excluding carboxylic acids is 2. The molecule has 1 amide bonds. The highest BCUT2D eigenvalue weighted by Gasteiger charge is 2.46. The number of amides is 1. The van der Waals surface area contributed by atoms with E-state index in [1.54, 1.807) is 60.9 Å². The molecule has 43 heavy (non-hydrogen) atoms. The summed E-state index contributed by atoms with van der Waals surface area (Å²) in [7, 11) is 1.53. The van der Waals surface area contributed by atoms with Gasteiger partial charge in [0.2, 0.25) is 0 Å². The van der Waals surface area contributed by atoms with Crippen LogP contribution in [-0.4, -0.2) is 40.4 Å². The zero-order valence-electron chi connectivity index (χ0n) is 24.2. The quantitative estimate of drug-likeness (QED) is 0.0890. The summed E-state index contributed by atoms with van der Waals surface area (Å²) in [5.74, 6) is -0.245. The van der Waals surface area contributed by atoms with Gasteiger partial charge in [0.1, 0.15) is 18.1 Å². The van der Waals surface area contributed by atoms with E-state index in [-0.39, 0.29) is 17.9 Å². The molecule has 1 unspecified atom stereocenters. The van der Waals surface area contributed by atoms with E-state index in [2.05, 4.69) is 11.9 Å². The van der Waals surface area contributed by atoms with Crippen LogP contribution in [0.25, 0.3) is 5.76 Å². The van der Waals surface area contributed by atoms with E-state index in [4.69, 9.17) is 14.2 Å². The first-order valence-corrected chi connectivity index (χ1v) is 14.2. The number of ketones is 1. The van der Waals surface area contributed by atoms with Gasteiger partial charge in [0.15, 0.2) is 11.5 Å². The first-order valence-electron chi connectivity index (χ1n) is 14.2. The third-order valence-corrected chi connectivity index (χ3v) is 7.23. The molecule has 0 aliphatic carbocycles. The number of aliphatic hydroxyl groups is 1. The minimum Gasteiger partial charge on any atom is -0.507 e. The summed E-state index contributed by atoms with van der Waals surface area (Å²) in [5.41, 5.74) is 2.70. The van der Waals surface area contributed by atoms with E-state index < -0.39 is 17.7 Å². The molecule has 0 spiro atoms. The van der Waals surface area contributed by atoms with Crippen LogP contribution in [0.4, 0.5) is 0 Å². The van der Waals surface area contributed by atoms with E-state index in [1.165, 1.54) is 12.0 Å². The number of ether oxygens (including phenoxy) is 3. The lowest BCUT2D eigenvalue weighted by atomic mass is 9.94. The van der Waals surface area contributed by atoms with Crippen molar-refractivity contribution in [1.29, 1.82) is 0 Å². The van der Waals surface area contributed by atoms with E-state index in [9.17, 15) is 14.7 Å². The maximum atomic E-state index is 13.6. The van der Waals surface area contributed by atoms with Gasteiger partial charge in [-0.3, -0.25) is 14.6 Å². The monoisotopic (exact) mass is 578 g/mol. The van der Waals surface area contributed by atoms with Gasteiger partial charge in [0, 0.05) is 24.5 Å². The molecule has 1 aromatic heterocycles. The van der Waals surface area contributed by atoms with Crippen LogP contribution in [0.15, 0.2) is 103 Å². The molecule has 1 aliphatic rings. The molecular formula is C35H34N2O6. The summed E-state index contributed by atoms with van der Waals surface area (Å²) in [5, 5.41) is 11.6. The van der Waals surface area contributed by atoms with Crippen LogP contribution in [0.3, 0.4) is 0 Å². The average Bonchev–Trinajstić information content (AvgIpc) is 3.29. The second kappa shape index (κ2) is 13.7. The van der Waals surface area contributed by atoms with Gasteiger partial charge in [0.05, 0.1) is 25.3 Å². The summed E-state index contributed by atoms with van der Waals surface area (Å²) in [6.07, 6.45) is 5.17. The lowest BCUT2D eigenvalue weighted by Gasteiger charge is -2.26. The Labute approximate surface area is 251 Å².